The zero-order valence-electron chi connectivity index (χ0n) is 9.95. The van der Waals surface area contributed by atoms with Crippen molar-refractivity contribution in [2.45, 2.75) is 13.1 Å². The van der Waals surface area contributed by atoms with Crippen molar-refractivity contribution in [1.29, 1.82) is 0 Å². The summed E-state index contributed by atoms with van der Waals surface area (Å²) in [7, 11) is 0. The van der Waals surface area contributed by atoms with Crippen LogP contribution in [-0.4, -0.2) is 30.4 Å². The number of carboxylic acids is 1. The van der Waals surface area contributed by atoms with Gasteiger partial charge in [-0.05, 0) is 6.07 Å². The Hall–Kier alpha value is -1.11. The number of aromatic nitrogens is 4. The predicted octanol–water partition coefficient (Wildman–Crippen LogP) is -2.41. The van der Waals surface area contributed by atoms with Gasteiger partial charge in [-0.15, -0.1) is 0 Å². The van der Waals surface area contributed by atoms with E-state index in [1.807, 2.05) is 10.8 Å². The number of aryl methyl sites for hydroxylation is 2. The fourth-order valence-corrected chi connectivity index (χ4v) is 1.32. The van der Waals surface area contributed by atoms with E-state index in [1.165, 1.54) is 16.9 Å². The number of hydrogen-bond donors (Lipinski definition) is 1. The molecule has 2 aromatic rings. The number of hydrogen-bond acceptors (Lipinski definition) is 3. The average molecular weight is 230 g/mol. The first-order valence-electron chi connectivity index (χ1n) is 4.48. The summed E-state index contributed by atoms with van der Waals surface area (Å²) in [6.45, 7) is 1.17. The van der Waals surface area contributed by atoms with Crippen molar-refractivity contribution in [2.24, 2.45) is 0 Å². The molecule has 0 fully saturated rings. The Bertz CT molecular complexity index is 457. The van der Waals surface area contributed by atoms with E-state index < -0.39 is 5.97 Å². The van der Waals surface area contributed by atoms with Gasteiger partial charge in [-0.3, -0.25) is 4.68 Å². The summed E-state index contributed by atoms with van der Waals surface area (Å²) in [5.41, 5.74) is 0.204. The summed E-state index contributed by atoms with van der Waals surface area (Å²) in [5.74, 6) is -0.960. The summed E-state index contributed by atoms with van der Waals surface area (Å²) in [6, 6.07) is 1.48. The van der Waals surface area contributed by atoms with Crippen LogP contribution in [0, 0.1) is 0 Å². The molecule has 0 unspecified atom stereocenters. The molecule has 0 spiro atoms. The van der Waals surface area contributed by atoms with Gasteiger partial charge < -0.3 is 11.1 Å². The Morgan fingerprint density at radius 1 is 1.44 bits per heavy atom. The minimum Gasteiger partial charge on any atom is -1.00 e. The Balaban J connectivity index is 0.00000128. The van der Waals surface area contributed by atoms with Crippen LogP contribution in [0.5, 0.6) is 0 Å². The van der Waals surface area contributed by atoms with Gasteiger partial charge in [-0.25, -0.2) is 9.78 Å². The second kappa shape index (κ2) is 5.83. The summed E-state index contributed by atoms with van der Waals surface area (Å²) < 4.78 is 3.33. The van der Waals surface area contributed by atoms with Crippen LogP contribution in [0.25, 0.3) is 0 Å². The van der Waals surface area contributed by atoms with Crippen LogP contribution in [-0.2, 0) is 13.1 Å². The molecule has 0 aliphatic heterocycles. The van der Waals surface area contributed by atoms with Gasteiger partial charge in [0.05, 0.1) is 12.9 Å². The molecule has 0 aromatic carbocycles. The molecule has 0 bridgehead atoms. The van der Waals surface area contributed by atoms with Gasteiger partial charge >= 0.3 is 35.5 Å². The second-order valence-electron chi connectivity index (χ2n) is 3.05. The number of nitrogens with zero attached hydrogens (tertiary/aromatic N) is 4. The molecule has 0 aliphatic rings. The summed E-state index contributed by atoms with van der Waals surface area (Å²) >= 11 is 0. The van der Waals surface area contributed by atoms with Crippen LogP contribution in [0.15, 0.2) is 31.0 Å². The molecule has 0 radical (unpaired) electrons. The number of carbonyl (C=O) groups is 1. The quantitative estimate of drug-likeness (QED) is 0.594. The van der Waals surface area contributed by atoms with E-state index in [0.717, 1.165) is 0 Å². The standard InChI is InChI=1S/C9H10N4O2.Na.H/c14-9(15)8-1-2-11-13(8)6-5-12-4-3-10-7-12;;/h1-4,7H,5-6H2,(H,14,15);;/q;+1;-1. The van der Waals surface area contributed by atoms with Crippen LogP contribution in [0.4, 0.5) is 0 Å². The van der Waals surface area contributed by atoms with E-state index in [-0.39, 0.29) is 36.7 Å². The second-order valence-corrected chi connectivity index (χ2v) is 3.05. The van der Waals surface area contributed by atoms with Gasteiger partial charge in [0.1, 0.15) is 5.69 Å². The maximum Gasteiger partial charge on any atom is 1.00 e. The Labute approximate surface area is 116 Å². The molecule has 2 rings (SSSR count). The van der Waals surface area contributed by atoms with E-state index in [1.54, 1.807) is 12.5 Å². The molecule has 0 saturated carbocycles. The Morgan fingerprint density at radius 3 is 2.88 bits per heavy atom. The van der Waals surface area contributed by atoms with Crippen molar-refractivity contribution < 1.29 is 40.9 Å². The molecule has 0 amide bonds. The van der Waals surface area contributed by atoms with Gasteiger partial charge in [0, 0.05) is 25.1 Å². The minimum absolute atomic E-state index is 0. The Morgan fingerprint density at radius 2 is 2.25 bits per heavy atom. The zero-order valence-corrected chi connectivity index (χ0v) is 10.9. The average Bonchev–Trinajstić information content (AvgIpc) is 2.86. The molecular formula is C9H11N4NaO2. The van der Waals surface area contributed by atoms with Crippen LogP contribution in [0.1, 0.15) is 11.9 Å². The van der Waals surface area contributed by atoms with Gasteiger partial charge in [-0.1, -0.05) is 0 Å². The molecule has 7 heteroatoms. The maximum atomic E-state index is 10.8. The molecule has 1 N–H and O–H groups in total. The molecule has 0 atom stereocenters. The van der Waals surface area contributed by atoms with Gasteiger partial charge in [0.2, 0.25) is 0 Å². The van der Waals surface area contributed by atoms with E-state index in [2.05, 4.69) is 10.1 Å². The van der Waals surface area contributed by atoms with Crippen molar-refractivity contribution >= 4 is 5.97 Å². The van der Waals surface area contributed by atoms with Gasteiger partial charge in [0.25, 0.3) is 0 Å². The predicted molar refractivity (Wildman–Crippen MR) is 52.5 cm³/mol. The van der Waals surface area contributed by atoms with Crippen molar-refractivity contribution in [2.75, 3.05) is 0 Å². The minimum atomic E-state index is -0.960. The normalized spacial score (nSPS) is 9.75. The van der Waals surface area contributed by atoms with E-state index in [9.17, 15) is 4.79 Å². The molecule has 0 aliphatic carbocycles. The molecule has 6 nitrogen and oxygen atoms in total. The first-order valence-corrected chi connectivity index (χ1v) is 4.48. The molecule has 80 valence electrons. The number of aromatic carboxylic acids is 1. The van der Waals surface area contributed by atoms with Crippen LogP contribution < -0.4 is 29.6 Å². The Kier molecular flexibility index (Phi) is 4.72. The number of rotatable bonds is 4. The van der Waals surface area contributed by atoms with E-state index in [0.29, 0.717) is 13.1 Å². The largest absolute Gasteiger partial charge is 1.00 e. The smallest absolute Gasteiger partial charge is 1.00 e. The molecular weight excluding hydrogens is 219 g/mol. The fraction of sp³-hybridized carbons (Fsp3) is 0.222. The van der Waals surface area contributed by atoms with Crippen LogP contribution in [0.2, 0.25) is 0 Å². The maximum absolute atomic E-state index is 10.8. The molecule has 2 aromatic heterocycles. The van der Waals surface area contributed by atoms with Crippen LogP contribution in [0.3, 0.4) is 0 Å². The van der Waals surface area contributed by atoms with Crippen molar-refractivity contribution in [3.63, 3.8) is 0 Å². The number of imidazole rings is 1. The zero-order chi connectivity index (χ0) is 10.7. The summed E-state index contributed by atoms with van der Waals surface area (Å²) in [6.07, 6.45) is 6.67. The third kappa shape index (κ3) is 2.94. The number of carboxylic acid groups (broad SMARTS) is 1. The topological polar surface area (TPSA) is 72.9 Å². The van der Waals surface area contributed by atoms with Gasteiger partial charge in [0.15, 0.2) is 0 Å². The molecule has 2 heterocycles. The SMILES string of the molecule is O=C(O)c1ccnn1CCn1ccnc1.[H-].[Na+]. The van der Waals surface area contributed by atoms with Gasteiger partial charge in [-0.2, -0.15) is 5.10 Å². The molecule has 0 saturated heterocycles. The van der Waals surface area contributed by atoms with Crippen molar-refractivity contribution in [3.8, 4) is 0 Å². The third-order valence-electron chi connectivity index (χ3n) is 2.06. The third-order valence-corrected chi connectivity index (χ3v) is 2.06. The first kappa shape index (κ1) is 13.0. The fourth-order valence-electron chi connectivity index (χ4n) is 1.32. The summed E-state index contributed by atoms with van der Waals surface area (Å²) in [5, 5.41) is 12.8. The van der Waals surface area contributed by atoms with Crippen molar-refractivity contribution in [3.05, 3.63) is 36.7 Å². The van der Waals surface area contributed by atoms with Crippen molar-refractivity contribution in [1.82, 2.24) is 19.3 Å². The van der Waals surface area contributed by atoms with E-state index >= 15 is 0 Å². The monoisotopic (exact) mass is 230 g/mol. The van der Waals surface area contributed by atoms with Crippen LogP contribution >= 0.6 is 0 Å². The first-order chi connectivity index (χ1) is 7.27. The summed E-state index contributed by atoms with van der Waals surface area (Å²) in [4.78, 5) is 14.7. The van der Waals surface area contributed by atoms with E-state index in [4.69, 9.17) is 5.11 Å². The molecule has 16 heavy (non-hydrogen) atoms.